The highest BCUT2D eigenvalue weighted by molar-refractivity contribution is 14.1. The van der Waals surface area contributed by atoms with Crippen molar-refractivity contribution in [3.63, 3.8) is 0 Å². The summed E-state index contributed by atoms with van der Waals surface area (Å²) in [5.74, 6) is 0.0950. The Hall–Kier alpha value is -0.970. The van der Waals surface area contributed by atoms with E-state index in [2.05, 4.69) is 27.6 Å². The van der Waals surface area contributed by atoms with Crippen LogP contribution in [0.4, 0.5) is 0 Å². The van der Waals surface area contributed by atoms with Gasteiger partial charge in [-0.05, 0) is 53.1 Å². The number of benzene rings is 1. The quantitative estimate of drug-likeness (QED) is 0.598. The first kappa shape index (κ1) is 9.58. The van der Waals surface area contributed by atoms with Gasteiger partial charge in [0, 0.05) is 26.9 Å². The lowest BCUT2D eigenvalue weighted by Gasteiger charge is -2.04. The second-order valence-electron chi connectivity index (χ2n) is 3.07. The van der Waals surface area contributed by atoms with Crippen molar-refractivity contribution < 1.29 is 4.79 Å². The zero-order chi connectivity index (χ0) is 10.1. The van der Waals surface area contributed by atoms with Gasteiger partial charge in [0.1, 0.15) is 0 Å². The number of halogens is 1. The molecule has 1 heterocycles. The van der Waals surface area contributed by atoms with E-state index in [0.717, 1.165) is 19.9 Å². The SMILES string of the molecule is CC(=O)c1ccc(I)c2cnccc12. The number of carbonyl (C=O) groups excluding carboxylic acids is 1. The summed E-state index contributed by atoms with van der Waals surface area (Å²) < 4.78 is 1.12. The highest BCUT2D eigenvalue weighted by Crippen LogP contribution is 2.23. The molecule has 1 aromatic carbocycles. The molecule has 0 radical (unpaired) electrons. The van der Waals surface area contributed by atoms with Gasteiger partial charge in [0.15, 0.2) is 5.78 Å². The van der Waals surface area contributed by atoms with Crippen LogP contribution in [0, 0.1) is 3.57 Å². The molecule has 0 saturated heterocycles. The molecule has 1 aromatic heterocycles. The number of hydrogen-bond donors (Lipinski definition) is 0. The maximum Gasteiger partial charge on any atom is 0.160 e. The number of ketones is 1. The van der Waals surface area contributed by atoms with E-state index in [-0.39, 0.29) is 5.78 Å². The number of hydrogen-bond acceptors (Lipinski definition) is 2. The molecule has 2 rings (SSSR count). The first-order chi connectivity index (χ1) is 6.70. The summed E-state index contributed by atoms with van der Waals surface area (Å²) in [6, 6.07) is 5.70. The number of carbonyl (C=O) groups is 1. The molecule has 0 N–H and O–H groups in total. The van der Waals surface area contributed by atoms with Crippen molar-refractivity contribution >= 4 is 39.1 Å². The smallest absolute Gasteiger partial charge is 0.160 e. The highest BCUT2D eigenvalue weighted by atomic mass is 127. The van der Waals surface area contributed by atoms with Gasteiger partial charge in [0.05, 0.1) is 0 Å². The maximum atomic E-state index is 11.3. The third-order valence-corrected chi connectivity index (χ3v) is 3.08. The van der Waals surface area contributed by atoms with E-state index < -0.39 is 0 Å². The van der Waals surface area contributed by atoms with E-state index in [1.165, 1.54) is 0 Å². The third kappa shape index (κ3) is 1.52. The lowest BCUT2D eigenvalue weighted by atomic mass is 10.0. The van der Waals surface area contributed by atoms with Crippen LogP contribution in [0.5, 0.6) is 0 Å². The van der Waals surface area contributed by atoms with E-state index in [9.17, 15) is 4.79 Å². The average molecular weight is 297 g/mol. The third-order valence-electron chi connectivity index (χ3n) is 2.14. The minimum atomic E-state index is 0.0950. The Morgan fingerprint density at radius 3 is 2.79 bits per heavy atom. The van der Waals surface area contributed by atoms with Crippen LogP contribution >= 0.6 is 22.6 Å². The Morgan fingerprint density at radius 2 is 2.07 bits per heavy atom. The van der Waals surface area contributed by atoms with Gasteiger partial charge in [-0.3, -0.25) is 9.78 Å². The Morgan fingerprint density at radius 1 is 1.29 bits per heavy atom. The predicted octanol–water partition coefficient (Wildman–Crippen LogP) is 3.04. The summed E-state index contributed by atoms with van der Waals surface area (Å²) in [7, 11) is 0. The average Bonchev–Trinajstić information content (AvgIpc) is 2.18. The molecule has 70 valence electrons. The summed E-state index contributed by atoms with van der Waals surface area (Å²) in [4.78, 5) is 15.4. The first-order valence-electron chi connectivity index (χ1n) is 4.23. The molecule has 0 fully saturated rings. The summed E-state index contributed by atoms with van der Waals surface area (Å²) in [6.45, 7) is 1.59. The van der Waals surface area contributed by atoms with E-state index in [0.29, 0.717) is 0 Å². The molecular weight excluding hydrogens is 289 g/mol. The molecule has 0 unspecified atom stereocenters. The zero-order valence-electron chi connectivity index (χ0n) is 7.62. The van der Waals surface area contributed by atoms with Gasteiger partial charge in [-0.15, -0.1) is 0 Å². The summed E-state index contributed by atoms with van der Waals surface area (Å²) >= 11 is 2.25. The van der Waals surface area contributed by atoms with Crippen LogP contribution in [0.2, 0.25) is 0 Å². The molecule has 2 nitrogen and oxygen atoms in total. The number of aromatic nitrogens is 1. The lowest BCUT2D eigenvalue weighted by molar-refractivity contribution is 0.101. The van der Waals surface area contributed by atoms with Crippen molar-refractivity contribution in [2.45, 2.75) is 6.92 Å². The fraction of sp³-hybridized carbons (Fsp3) is 0.0909. The first-order valence-corrected chi connectivity index (χ1v) is 5.31. The van der Waals surface area contributed by atoms with Crippen LogP contribution in [0.15, 0.2) is 30.6 Å². The fourth-order valence-electron chi connectivity index (χ4n) is 1.46. The molecule has 3 heteroatoms. The van der Waals surface area contributed by atoms with Crippen LogP contribution in [-0.2, 0) is 0 Å². The predicted molar refractivity (Wildman–Crippen MR) is 64.5 cm³/mol. The van der Waals surface area contributed by atoms with E-state index >= 15 is 0 Å². The largest absolute Gasteiger partial charge is 0.294 e. The highest BCUT2D eigenvalue weighted by Gasteiger charge is 2.06. The van der Waals surface area contributed by atoms with Crippen LogP contribution < -0.4 is 0 Å². The van der Waals surface area contributed by atoms with E-state index in [4.69, 9.17) is 0 Å². The maximum absolute atomic E-state index is 11.3. The normalized spacial score (nSPS) is 10.4. The molecule has 2 aromatic rings. The molecule has 0 spiro atoms. The molecule has 0 aliphatic heterocycles. The van der Waals surface area contributed by atoms with Gasteiger partial charge in [0.2, 0.25) is 0 Å². The minimum absolute atomic E-state index is 0.0950. The number of fused-ring (bicyclic) bond motifs is 1. The van der Waals surface area contributed by atoms with E-state index in [1.807, 2.05) is 18.2 Å². The van der Waals surface area contributed by atoms with E-state index in [1.54, 1.807) is 19.3 Å². The van der Waals surface area contributed by atoms with Crippen LogP contribution in [0.1, 0.15) is 17.3 Å². The molecule has 0 aliphatic rings. The van der Waals surface area contributed by atoms with Gasteiger partial charge in [-0.1, -0.05) is 0 Å². The van der Waals surface area contributed by atoms with Crippen LogP contribution in [-0.4, -0.2) is 10.8 Å². The molecule has 14 heavy (non-hydrogen) atoms. The minimum Gasteiger partial charge on any atom is -0.294 e. The fourth-order valence-corrected chi connectivity index (χ4v) is 2.07. The van der Waals surface area contributed by atoms with Crippen LogP contribution in [0.3, 0.4) is 0 Å². The zero-order valence-corrected chi connectivity index (χ0v) is 9.78. The van der Waals surface area contributed by atoms with Gasteiger partial charge in [0.25, 0.3) is 0 Å². The van der Waals surface area contributed by atoms with Gasteiger partial charge in [-0.25, -0.2) is 0 Å². The molecule has 0 aliphatic carbocycles. The Kier molecular flexibility index (Phi) is 2.50. The molecular formula is C11H8INO. The van der Waals surface area contributed by atoms with Gasteiger partial charge >= 0.3 is 0 Å². The lowest BCUT2D eigenvalue weighted by Crippen LogP contribution is -1.94. The summed E-state index contributed by atoms with van der Waals surface area (Å²) in [5, 5.41) is 2.03. The topological polar surface area (TPSA) is 30.0 Å². The number of pyridine rings is 1. The monoisotopic (exact) mass is 297 g/mol. The second-order valence-corrected chi connectivity index (χ2v) is 4.23. The molecule has 0 amide bonds. The molecule has 0 bridgehead atoms. The van der Waals surface area contributed by atoms with Crippen molar-refractivity contribution in [1.82, 2.24) is 4.98 Å². The van der Waals surface area contributed by atoms with Crippen molar-refractivity contribution in [3.05, 3.63) is 39.7 Å². The van der Waals surface area contributed by atoms with Crippen molar-refractivity contribution in [2.24, 2.45) is 0 Å². The molecule has 0 atom stereocenters. The Balaban J connectivity index is 2.88. The summed E-state index contributed by atoms with van der Waals surface area (Å²) in [6.07, 6.45) is 3.51. The number of rotatable bonds is 1. The van der Waals surface area contributed by atoms with Crippen LogP contribution in [0.25, 0.3) is 10.8 Å². The number of Topliss-reactive ketones (excluding diaryl/α,β-unsaturated/α-hetero) is 1. The van der Waals surface area contributed by atoms with Crippen molar-refractivity contribution in [3.8, 4) is 0 Å². The Bertz CT molecular complexity index is 508. The molecule has 0 saturated carbocycles. The number of nitrogens with zero attached hydrogens (tertiary/aromatic N) is 1. The second kappa shape index (κ2) is 3.65. The van der Waals surface area contributed by atoms with Crippen molar-refractivity contribution in [2.75, 3.05) is 0 Å². The van der Waals surface area contributed by atoms with Gasteiger partial charge in [-0.2, -0.15) is 0 Å². The summed E-state index contributed by atoms with van der Waals surface area (Å²) in [5.41, 5.74) is 0.766. The van der Waals surface area contributed by atoms with Gasteiger partial charge < -0.3 is 0 Å². The van der Waals surface area contributed by atoms with Crippen molar-refractivity contribution in [1.29, 1.82) is 0 Å². The Labute approximate surface area is 95.5 Å². The standard InChI is InChI=1S/C11H8INO/c1-7(14)8-2-3-11(12)10-6-13-5-4-9(8)10/h2-6H,1H3.